The monoisotopic (exact) mass is 821 g/mol. The van der Waals surface area contributed by atoms with Gasteiger partial charge in [-0.3, -0.25) is 14.4 Å². The minimum absolute atomic E-state index is 0.0638. The first-order valence-electron chi connectivity index (χ1n) is 25.8. The third-order valence-electron chi connectivity index (χ3n) is 12.1. The minimum Gasteiger partial charge on any atom is -0.462 e. The van der Waals surface area contributed by atoms with Crippen molar-refractivity contribution in [1.82, 2.24) is 0 Å². The lowest BCUT2D eigenvalue weighted by Crippen LogP contribution is -2.30. The van der Waals surface area contributed by atoms with Crippen LogP contribution in [0.4, 0.5) is 0 Å². The number of hydrogen-bond acceptors (Lipinski definition) is 6. The average molecular weight is 821 g/mol. The molecule has 0 rings (SSSR count). The van der Waals surface area contributed by atoms with Crippen molar-refractivity contribution in [3.05, 3.63) is 0 Å². The maximum Gasteiger partial charge on any atom is 0.306 e. The Labute approximate surface area is 361 Å². The molecule has 0 spiro atoms. The predicted molar refractivity (Wildman–Crippen MR) is 247 cm³/mol. The van der Waals surface area contributed by atoms with Crippen molar-refractivity contribution in [2.24, 2.45) is 11.8 Å². The lowest BCUT2D eigenvalue weighted by Gasteiger charge is -2.18. The maximum absolute atomic E-state index is 12.8. The number of rotatable bonds is 46. The molecule has 58 heavy (non-hydrogen) atoms. The van der Waals surface area contributed by atoms with Crippen LogP contribution in [-0.2, 0) is 28.6 Å². The molecule has 0 N–H and O–H groups in total. The van der Waals surface area contributed by atoms with Crippen LogP contribution in [-0.4, -0.2) is 37.2 Å². The molecular formula is C52H100O6. The van der Waals surface area contributed by atoms with E-state index in [1.807, 2.05) is 0 Å². The van der Waals surface area contributed by atoms with Gasteiger partial charge in [0.15, 0.2) is 6.10 Å². The highest BCUT2D eigenvalue weighted by Gasteiger charge is 2.19. The predicted octanol–water partition coefficient (Wildman–Crippen LogP) is 16.5. The summed E-state index contributed by atoms with van der Waals surface area (Å²) in [5, 5.41) is 0. The molecule has 0 aliphatic heterocycles. The van der Waals surface area contributed by atoms with E-state index in [2.05, 4.69) is 34.6 Å². The normalized spacial score (nSPS) is 12.5. The highest BCUT2D eigenvalue weighted by Crippen LogP contribution is 2.18. The molecule has 0 fully saturated rings. The summed E-state index contributed by atoms with van der Waals surface area (Å²) >= 11 is 0. The van der Waals surface area contributed by atoms with Gasteiger partial charge in [-0.05, 0) is 31.1 Å². The second-order valence-electron chi connectivity index (χ2n) is 18.5. The first kappa shape index (κ1) is 56.4. The maximum atomic E-state index is 12.8. The van der Waals surface area contributed by atoms with Crippen molar-refractivity contribution in [3.63, 3.8) is 0 Å². The Balaban J connectivity index is 4.33. The van der Waals surface area contributed by atoms with Gasteiger partial charge in [-0.2, -0.15) is 0 Å². The van der Waals surface area contributed by atoms with Crippen LogP contribution in [0.1, 0.15) is 285 Å². The van der Waals surface area contributed by atoms with Crippen LogP contribution >= 0.6 is 0 Å². The van der Waals surface area contributed by atoms with E-state index in [9.17, 15) is 14.4 Å². The van der Waals surface area contributed by atoms with Crippen LogP contribution in [0.2, 0.25) is 0 Å². The van der Waals surface area contributed by atoms with Crippen molar-refractivity contribution in [3.8, 4) is 0 Å². The van der Waals surface area contributed by atoms with Crippen molar-refractivity contribution in [2.45, 2.75) is 291 Å². The Morgan fingerprint density at radius 1 is 0.362 bits per heavy atom. The lowest BCUT2D eigenvalue weighted by molar-refractivity contribution is -0.167. The molecule has 0 aliphatic rings. The van der Waals surface area contributed by atoms with Gasteiger partial charge in [0.1, 0.15) is 13.2 Å². The van der Waals surface area contributed by atoms with Gasteiger partial charge >= 0.3 is 17.9 Å². The van der Waals surface area contributed by atoms with Crippen LogP contribution in [0, 0.1) is 11.8 Å². The van der Waals surface area contributed by atoms with Crippen LogP contribution in [0.25, 0.3) is 0 Å². The second kappa shape index (κ2) is 44.9. The van der Waals surface area contributed by atoms with Crippen LogP contribution in [0.3, 0.4) is 0 Å². The molecule has 6 nitrogen and oxygen atoms in total. The third-order valence-corrected chi connectivity index (χ3v) is 12.1. The first-order valence-corrected chi connectivity index (χ1v) is 25.8. The molecule has 2 atom stereocenters. The molecule has 0 aromatic rings. The third kappa shape index (κ3) is 44.0. The second-order valence-corrected chi connectivity index (χ2v) is 18.5. The van der Waals surface area contributed by atoms with Gasteiger partial charge in [-0.15, -0.1) is 0 Å². The zero-order valence-corrected chi connectivity index (χ0v) is 39.7. The van der Waals surface area contributed by atoms with Gasteiger partial charge in [0.2, 0.25) is 0 Å². The van der Waals surface area contributed by atoms with E-state index in [1.165, 1.54) is 173 Å². The molecule has 0 amide bonds. The Bertz CT molecular complexity index is 887. The Morgan fingerprint density at radius 2 is 0.655 bits per heavy atom. The molecular weight excluding hydrogens is 721 g/mol. The Kier molecular flexibility index (Phi) is 43.7. The molecule has 0 saturated heterocycles. The molecule has 1 unspecified atom stereocenters. The van der Waals surface area contributed by atoms with Crippen LogP contribution < -0.4 is 0 Å². The Hall–Kier alpha value is -1.59. The molecule has 0 bridgehead atoms. The molecule has 6 heteroatoms. The summed E-state index contributed by atoms with van der Waals surface area (Å²) < 4.78 is 16.8. The van der Waals surface area contributed by atoms with E-state index in [0.717, 1.165) is 69.6 Å². The van der Waals surface area contributed by atoms with Gasteiger partial charge in [-0.25, -0.2) is 0 Å². The summed E-state index contributed by atoms with van der Waals surface area (Å²) in [6.45, 7) is 11.4. The highest BCUT2D eigenvalue weighted by molar-refractivity contribution is 5.71. The number of esters is 3. The first-order chi connectivity index (χ1) is 28.3. The number of ether oxygens (including phenoxy) is 3. The van der Waals surface area contributed by atoms with Gasteiger partial charge in [0, 0.05) is 19.3 Å². The van der Waals surface area contributed by atoms with E-state index >= 15 is 0 Å². The quantitative estimate of drug-likeness (QED) is 0.0346. The van der Waals surface area contributed by atoms with Gasteiger partial charge in [-0.1, -0.05) is 247 Å². The minimum atomic E-state index is -0.761. The van der Waals surface area contributed by atoms with Crippen molar-refractivity contribution in [1.29, 1.82) is 0 Å². The average Bonchev–Trinajstić information content (AvgIpc) is 3.21. The topological polar surface area (TPSA) is 78.9 Å². The lowest BCUT2D eigenvalue weighted by atomic mass is 9.99. The molecule has 0 aliphatic carbocycles. The van der Waals surface area contributed by atoms with Gasteiger partial charge in [0.25, 0.3) is 0 Å². The number of unbranched alkanes of at least 4 members (excludes halogenated alkanes) is 30. The molecule has 344 valence electrons. The van der Waals surface area contributed by atoms with E-state index in [-0.39, 0.29) is 31.1 Å². The summed E-state index contributed by atoms with van der Waals surface area (Å²) in [7, 11) is 0. The summed E-state index contributed by atoms with van der Waals surface area (Å²) in [6.07, 6.45) is 45.0. The highest BCUT2D eigenvalue weighted by atomic mass is 16.6. The van der Waals surface area contributed by atoms with Gasteiger partial charge < -0.3 is 14.2 Å². The fourth-order valence-corrected chi connectivity index (χ4v) is 7.78. The van der Waals surface area contributed by atoms with Crippen LogP contribution in [0.5, 0.6) is 0 Å². The van der Waals surface area contributed by atoms with Crippen LogP contribution in [0.15, 0.2) is 0 Å². The zero-order chi connectivity index (χ0) is 42.6. The van der Waals surface area contributed by atoms with Crippen molar-refractivity contribution < 1.29 is 28.6 Å². The van der Waals surface area contributed by atoms with E-state index in [4.69, 9.17) is 14.2 Å². The van der Waals surface area contributed by atoms with E-state index < -0.39 is 6.10 Å². The summed E-state index contributed by atoms with van der Waals surface area (Å²) in [5.41, 5.74) is 0. The fraction of sp³-hybridized carbons (Fsp3) is 0.942. The van der Waals surface area contributed by atoms with Crippen molar-refractivity contribution >= 4 is 17.9 Å². The fourth-order valence-electron chi connectivity index (χ4n) is 7.78. The Morgan fingerprint density at radius 3 is 0.983 bits per heavy atom. The standard InChI is InChI=1S/C52H100O6/c1-6-8-9-10-11-12-13-16-22-27-32-37-42-50(53)56-45-49(58-52(55)44-39-34-29-24-19-18-21-26-31-36-41-48(5)7-2)46-57-51(54)43-38-33-28-23-17-14-15-20-25-30-35-40-47(3)4/h47-49H,6-46H2,1-5H3/t48?,49-/m1/s1. The number of carbonyl (C=O) groups excluding carboxylic acids is 3. The summed E-state index contributed by atoms with van der Waals surface area (Å²) in [5.74, 6) is 0.845. The molecule has 0 aromatic heterocycles. The number of hydrogen-bond donors (Lipinski definition) is 0. The largest absolute Gasteiger partial charge is 0.462 e. The molecule has 0 saturated carbocycles. The number of carbonyl (C=O) groups is 3. The van der Waals surface area contributed by atoms with E-state index in [0.29, 0.717) is 19.3 Å². The smallest absolute Gasteiger partial charge is 0.306 e. The molecule has 0 radical (unpaired) electrons. The van der Waals surface area contributed by atoms with E-state index in [1.54, 1.807) is 0 Å². The van der Waals surface area contributed by atoms with Gasteiger partial charge in [0.05, 0.1) is 0 Å². The molecule has 0 heterocycles. The molecule has 0 aromatic carbocycles. The summed E-state index contributed by atoms with van der Waals surface area (Å²) in [4.78, 5) is 37.9. The summed E-state index contributed by atoms with van der Waals surface area (Å²) in [6, 6.07) is 0. The van der Waals surface area contributed by atoms with Crippen molar-refractivity contribution in [2.75, 3.05) is 13.2 Å². The zero-order valence-electron chi connectivity index (χ0n) is 39.7. The SMILES string of the molecule is CCCCCCCCCCCCCCC(=O)OC[C@H](COC(=O)CCCCCCCCCCCCCC(C)C)OC(=O)CCCCCCCCCCCCC(C)CC.